The fourth-order valence-corrected chi connectivity index (χ4v) is 3.44. The highest BCUT2D eigenvalue weighted by Crippen LogP contribution is 2.23. The van der Waals surface area contributed by atoms with Crippen LogP contribution in [-0.2, 0) is 0 Å². The van der Waals surface area contributed by atoms with Gasteiger partial charge >= 0.3 is 7.12 Å². The van der Waals surface area contributed by atoms with Crippen molar-refractivity contribution >= 4 is 45.2 Å². The lowest BCUT2D eigenvalue weighted by Crippen LogP contribution is -2.29. The number of hydrogen-bond acceptors (Lipinski definition) is 5. The van der Waals surface area contributed by atoms with Crippen LogP contribution in [0, 0.1) is 0 Å². The molecule has 0 radical (unpaired) electrons. The minimum absolute atomic E-state index is 0.186. The van der Waals surface area contributed by atoms with Gasteiger partial charge in [-0.1, -0.05) is 28.1 Å². The number of rotatable bonds is 5. The molecular formula is C24H27BBrN3O3. The topological polar surface area (TPSA) is 70.8 Å². The van der Waals surface area contributed by atoms with Crippen molar-refractivity contribution in [2.75, 3.05) is 19.0 Å². The molecule has 2 N–H and O–H groups in total. The van der Waals surface area contributed by atoms with Gasteiger partial charge in [0, 0.05) is 29.9 Å². The third-order valence-corrected chi connectivity index (χ3v) is 5.20. The van der Waals surface area contributed by atoms with E-state index in [4.69, 9.17) is 14.8 Å². The van der Waals surface area contributed by atoms with Crippen molar-refractivity contribution in [2.24, 2.45) is 0 Å². The SMILES string of the molecule is CC(C)Oc1ccc(-n2cnc3ccc(Br)cc32)cc1.CN(C)c1ccc(B(O)O)cc1. The van der Waals surface area contributed by atoms with Crippen molar-refractivity contribution in [1.29, 1.82) is 0 Å². The molecule has 0 unspecified atom stereocenters. The van der Waals surface area contributed by atoms with Crippen LogP contribution in [0.15, 0.2) is 77.5 Å². The monoisotopic (exact) mass is 495 g/mol. The standard InChI is InChI=1S/C16H15BrN2O.C8H12BNO2/c1-11(2)20-14-6-4-13(5-7-14)19-10-18-15-8-3-12(17)9-16(15)19;1-10(2)8-5-3-7(4-6-8)9(11)12/h3-11H,1-2H3;3-6,11-12H,1-2H3. The first-order valence-electron chi connectivity index (χ1n) is 10.3. The molecule has 8 heteroatoms. The van der Waals surface area contributed by atoms with E-state index in [1.165, 1.54) is 0 Å². The quantitative estimate of drug-likeness (QED) is 0.409. The molecule has 0 aliphatic carbocycles. The lowest BCUT2D eigenvalue weighted by molar-refractivity contribution is 0.242. The van der Waals surface area contributed by atoms with Gasteiger partial charge in [-0.25, -0.2) is 4.98 Å². The number of fused-ring (bicyclic) bond motifs is 1. The first-order chi connectivity index (χ1) is 15.2. The Bertz CT molecular complexity index is 1120. The zero-order chi connectivity index (χ0) is 23.3. The second-order valence-electron chi connectivity index (χ2n) is 7.77. The maximum Gasteiger partial charge on any atom is 0.488 e. The van der Waals surface area contributed by atoms with Crippen LogP contribution in [0.1, 0.15) is 13.8 Å². The number of halogens is 1. The van der Waals surface area contributed by atoms with Gasteiger partial charge in [0.05, 0.1) is 17.1 Å². The summed E-state index contributed by atoms with van der Waals surface area (Å²) in [6.07, 6.45) is 2.03. The Balaban J connectivity index is 0.000000207. The molecule has 1 heterocycles. The first kappa shape index (κ1) is 23.8. The number of ether oxygens (including phenoxy) is 1. The predicted octanol–water partition coefficient (Wildman–Crippen LogP) is 4.01. The summed E-state index contributed by atoms with van der Waals surface area (Å²) in [6, 6.07) is 21.2. The van der Waals surface area contributed by atoms with Gasteiger partial charge in [-0.05, 0) is 73.9 Å². The molecule has 0 saturated carbocycles. The second-order valence-corrected chi connectivity index (χ2v) is 8.68. The van der Waals surface area contributed by atoms with Crippen molar-refractivity contribution in [1.82, 2.24) is 9.55 Å². The Hall–Kier alpha value is -2.81. The average molecular weight is 496 g/mol. The third kappa shape index (κ3) is 6.13. The highest BCUT2D eigenvalue weighted by atomic mass is 79.9. The van der Waals surface area contributed by atoms with Gasteiger partial charge in [0.2, 0.25) is 0 Å². The van der Waals surface area contributed by atoms with Crippen LogP contribution in [0.25, 0.3) is 16.7 Å². The van der Waals surface area contributed by atoms with Gasteiger partial charge in [0.25, 0.3) is 0 Å². The fraction of sp³-hybridized carbons (Fsp3) is 0.208. The molecule has 0 saturated heterocycles. The van der Waals surface area contributed by atoms with Gasteiger partial charge in [0.15, 0.2) is 0 Å². The molecule has 0 atom stereocenters. The summed E-state index contributed by atoms with van der Waals surface area (Å²) < 4.78 is 8.78. The Kier molecular flexibility index (Phi) is 7.96. The van der Waals surface area contributed by atoms with E-state index in [1.54, 1.807) is 12.1 Å². The highest BCUT2D eigenvalue weighted by Gasteiger charge is 2.09. The summed E-state index contributed by atoms with van der Waals surface area (Å²) in [7, 11) is 2.50. The van der Waals surface area contributed by atoms with E-state index >= 15 is 0 Å². The lowest BCUT2D eigenvalue weighted by Gasteiger charge is -2.12. The van der Waals surface area contributed by atoms with E-state index in [2.05, 4.69) is 31.5 Å². The van der Waals surface area contributed by atoms with Crippen LogP contribution in [0.2, 0.25) is 0 Å². The fourth-order valence-electron chi connectivity index (χ4n) is 3.09. The Morgan fingerprint density at radius 1 is 0.969 bits per heavy atom. The Morgan fingerprint density at radius 2 is 1.62 bits per heavy atom. The minimum Gasteiger partial charge on any atom is -0.491 e. The summed E-state index contributed by atoms with van der Waals surface area (Å²) in [6.45, 7) is 4.05. The molecule has 0 spiro atoms. The summed E-state index contributed by atoms with van der Waals surface area (Å²) in [5, 5.41) is 17.6. The van der Waals surface area contributed by atoms with E-state index in [0.717, 1.165) is 32.6 Å². The van der Waals surface area contributed by atoms with E-state index in [0.29, 0.717) is 5.46 Å². The number of anilines is 1. The second kappa shape index (κ2) is 10.7. The molecule has 4 aromatic rings. The molecule has 166 valence electrons. The van der Waals surface area contributed by atoms with E-state index < -0.39 is 7.12 Å². The van der Waals surface area contributed by atoms with E-state index in [1.807, 2.05) is 87.7 Å². The van der Waals surface area contributed by atoms with Crippen LogP contribution < -0.4 is 15.1 Å². The van der Waals surface area contributed by atoms with Crippen LogP contribution in [-0.4, -0.2) is 46.9 Å². The summed E-state index contributed by atoms with van der Waals surface area (Å²) in [5.41, 5.74) is 4.69. The number of imidazole rings is 1. The van der Waals surface area contributed by atoms with Gasteiger partial charge in [-0.3, -0.25) is 4.57 Å². The molecule has 6 nitrogen and oxygen atoms in total. The van der Waals surface area contributed by atoms with Crippen LogP contribution in [0.3, 0.4) is 0 Å². The van der Waals surface area contributed by atoms with Gasteiger partial charge in [0.1, 0.15) is 12.1 Å². The Labute approximate surface area is 197 Å². The molecule has 0 amide bonds. The van der Waals surface area contributed by atoms with Gasteiger partial charge in [-0.15, -0.1) is 0 Å². The van der Waals surface area contributed by atoms with Crippen molar-refractivity contribution in [2.45, 2.75) is 20.0 Å². The van der Waals surface area contributed by atoms with Crippen molar-refractivity contribution < 1.29 is 14.8 Å². The molecular weight excluding hydrogens is 469 g/mol. The third-order valence-electron chi connectivity index (χ3n) is 4.70. The molecule has 0 bridgehead atoms. The maximum absolute atomic E-state index is 8.80. The zero-order valence-electron chi connectivity index (χ0n) is 18.6. The molecule has 0 fully saturated rings. The average Bonchev–Trinajstić information content (AvgIpc) is 3.17. The van der Waals surface area contributed by atoms with Gasteiger partial charge < -0.3 is 19.7 Å². The summed E-state index contributed by atoms with van der Waals surface area (Å²) in [4.78, 5) is 6.37. The van der Waals surface area contributed by atoms with Crippen LogP contribution >= 0.6 is 15.9 Å². The lowest BCUT2D eigenvalue weighted by atomic mass is 9.80. The first-order valence-corrected chi connectivity index (χ1v) is 11.1. The zero-order valence-corrected chi connectivity index (χ0v) is 20.2. The molecule has 1 aromatic heterocycles. The molecule has 3 aromatic carbocycles. The molecule has 32 heavy (non-hydrogen) atoms. The number of hydrogen-bond donors (Lipinski definition) is 2. The molecule has 0 aliphatic heterocycles. The predicted molar refractivity (Wildman–Crippen MR) is 135 cm³/mol. The van der Waals surface area contributed by atoms with Crippen LogP contribution in [0.5, 0.6) is 5.75 Å². The Morgan fingerprint density at radius 3 is 2.19 bits per heavy atom. The molecule has 4 rings (SSSR count). The van der Waals surface area contributed by atoms with Gasteiger partial charge in [-0.2, -0.15) is 0 Å². The number of nitrogens with zero attached hydrogens (tertiary/aromatic N) is 3. The van der Waals surface area contributed by atoms with Crippen molar-refractivity contribution in [3.05, 3.63) is 77.5 Å². The summed E-state index contributed by atoms with van der Waals surface area (Å²) in [5.74, 6) is 0.884. The van der Waals surface area contributed by atoms with E-state index in [-0.39, 0.29) is 6.10 Å². The van der Waals surface area contributed by atoms with Crippen molar-refractivity contribution in [3.63, 3.8) is 0 Å². The molecule has 0 aliphatic rings. The summed E-state index contributed by atoms with van der Waals surface area (Å²) >= 11 is 3.50. The number of aromatic nitrogens is 2. The van der Waals surface area contributed by atoms with E-state index in [9.17, 15) is 0 Å². The minimum atomic E-state index is -1.37. The number of benzene rings is 3. The van der Waals surface area contributed by atoms with Crippen LogP contribution in [0.4, 0.5) is 5.69 Å². The normalized spacial score (nSPS) is 10.6. The largest absolute Gasteiger partial charge is 0.491 e. The highest BCUT2D eigenvalue weighted by molar-refractivity contribution is 9.10. The maximum atomic E-state index is 8.80. The smallest absolute Gasteiger partial charge is 0.488 e. The van der Waals surface area contributed by atoms with Crippen molar-refractivity contribution in [3.8, 4) is 11.4 Å².